The Labute approximate surface area is 148 Å². The van der Waals surface area contributed by atoms with Crippen LogP contribution in [0, 0.1) is 6.92 Å². The first-order valence-electron chi connectivity index (χ1n) is 7.71. The van der Waals surface area contributed by atoms with E-state index in [1.807, 2.05) is 13.0 Å². The summed E-state index contributed by atoms with van der Waals surface area (Å²) in [6.45, 7) is 2.67. The number of amides is 1. The monoisotopic (exact) mass is 362 g/mol. The lowest BCUT2D eigenvalue weighted by Crippen LogP contribution is -2.48. The van der Waals surface area contributed by atoms with Gasteiger partial charge in [-0.1, -0.05) is 0 Å². The SMILES string of the molecule is COC(=O)c1cc(OC[C@@H]2COCC(=O)N2)cc(-c2ncc(C)s2)c1. The maximum Gasteiger partial charge on any atom is 0.338 e. The first kappa shape index (κ1) is 17.4. The van der Waals surface area contributed by atoms with Gasteiger partial charge in [-0.25, -0.2) is 9.78 Å². The van der Waals surface area contributed by atoms with Crippen molar-refractivity contribution in [3.05, 3.63) is 34.8 Å². The summed E-state index contributed by atoms with van der Waals surface area (Å²) in [5.74, 6) is -0.109. The van der Waals surface area contributed by atoms with Gasteiger partial charge in [0.15, 0.2) is 0 Å². The highest BCUT2D eigenvalue weighted by Crippen LogP contribution is 2.29. The van der Waals surface area contributed by atoms with E-state index in [9.17, 15) is 9.59 Å². The highest BCUT2D eigenvalue weighted by atomic mass is 32.1. The number of aryl methyl sites for hydroxylation is 1. The van der Waals surface area contributed by atoms with Crippen molar-refractivity contribution in [3.63, 3.8) is 0 Å². The quantitative estimate of drug-likeness (QED) is 0.816. The van der Waals surface area contributed by atoms with E-state index in [2.05, 4.69) is 10.3 Å². The van der Waals surface area contributed by atoms with Crippen molar-refractivity contribution in [3.8, 4) is 16.3 Å². The van der Waals surface area contributed by atoms with Crippen molar-refractivity contribution in [2.45, 2.75) is 13.0 Å². The van der Waals surface area contributed by atoms with Gasteiger partial charge in [-0.05, 0) is 25.1 Å². The number of carbonyl (C=O) groups is 2. The molecule has 1 fully saturated rings. The van der Waals surface area contributed by atoms with E-state index >= 15 is 0 Å². The molecule has 7 nitrogen and oxygen atoms in total. The second-order valence-corrected chi connectivity index (χ2v) is 6.84. The molecule has 1 amide bonds. The Kier molecular flexibility index (Phi) is 5.30. The average molecular weight is 362 g/mol. The zero-order valence-corrected chi connectivity index (χ0v) is 14.7. The van der Waals surface area contributed by atoms with Crippen LogP contribution in [0.4, 0.5) is 0 Å². The van der Waals surface area contributed by atoms with Gasteiger partial charge >= 0.3 is 5.97 Å². The Morgan fingerprint density at radius 3 is 2.96 bits per heavy atom. The maximum absolute atomic E-state index is 11.9. The van der Waals surface area contributed by atoms with Crippen LogP contribution in [0.1, 0.15) is 15.2 Å². The molecule has 132 valence electrons. The Morgan fingerprint density at radius 2 is 2.28 bits per heavy atom. The highest BCUT2D eigenvalue weighted by Gasteiger charge is 2.20. The normalized spacial score (nSPS) is 17.0. The molecule has 0 saturated carbocycles. The summed E-state index contributed by atoms with van der Waals surface area (Å²) in [5, 5.41) is 3.59. The van der Waals surface area contributed by atoms with E-state index < -0.39 is 5.97 Å². The third-order valence-corrected chi connectivity index (χ3v) is 4.53. The molecule has 1 aliphatic heterocycles. The number of nitrogens with one attached hydrogen (secondary N) is 1. The zero-order chi connectivity index (χ0) is 17.8. The minimum Gasteiger partial charge on any atom is -0.491 e. The summed E-state index contributed by atoms with van der Waals surface area (Å²) in [7, 11) is 1.33. The Bertz CT molecular complexity index is 789. The summed E-state index contributed by atoms with van der Waals surface area (Å²) >= 11 is 1.53. The van der Waals surface area contributed by atoms with E-state index in [1.165, 1.54) is 18.4 Å². The van der Waals surface area contributed by atoms with Crippen LogP contribution in [0.5, 0.6) is 5.75 Å². The number of benzene rings is 1. The van der Waals surface area contributed by atoms with Gasteiger partial charge in [0.25, 0.3) is 0 Å². The lowest BCUT2D eigenvalue weighted by atomic mass is 10.1. The van der Waals surface area contributed by atoms with E-state index in [-0.39, 0.29) is 25.2 Å². The van der Waals surface area contributed by atoms with Crippen LogP contribution in [0.15, 0.2) is 24.4 Å². The summed E-state index contributed by atoms with van der Waals surface area (Å²) < 4.78 is 15.8. The van der Waals surface area contributed by atoms with Crippen molar-refractivity contribution < 1.29 is 23.8 Å². The standard InChI is InChI=1S/C17H18N2O5S/c1-10-6-18-16(25-10)11-3-12(17(21)22-2)5-14(4-11)24-8-13-7-23-9-15(20)19-13/h3-6,13H,7-9H2,1-2H3,(H,19,20)/t13-/m0/s1. The summed E-state index contributed by atoms with van der Waals surface area (Å²) in [6.07, 6.45) is 1.78. The molecule has 3 rings (SSSR count). The topological polar surface area (TPSA) is 86.8 Å². The molecule has 8 heteroatoms. The molecular weight excluding hydrogens is 344 g/mol. The van der Waals surface area contributed by atoms with Crippen LogP contribution in [-0.4, -0.2) is 49.8 Å². The van der Waals surface area contributed by atoms with Gasteiger partial charge in [0, 0.05) is 16.6 Å². The minimum absolute atomic E-state index is 0.0713. The molecule has 1 aromatic carbocycles. The smallest absolute Gasteiger partial charge is 0.338 e. The molecule has 0 aliphatic carbocycles. The van der Waals surface area contributed by atoms with Crippen LogP contribution >= 0.6 is 11.3 Å². The van der Waals surface area contributed by atoms with Gasteiger partial charge < -0.3 is 19.5 Å². The first-order chi connectivity index (χ1) is 12.0. The van der Waals surface area contributed by atoms with Crippen LogP contribution < -0.4 is 10.1 Å². The Hall–Kier alpha value is -2.45. The summed E-state index contributed by atoms with van der Waals surface area (Å²) in [6, 6.07) is 4.92. The third-order valence-electron chi connectivity index (χ3n) is 3.56. The Morgan fingerprint density at radius 1 is 1.44 bits per heavy atom. The zero-order valence-electron chi connectivity index (χ0n) is 13.9. The van der Waals surface area contributed by atoms with E-state index in [0.29, 0.717) is 17.9 Å². The molecule has 0 unspecified atom stereocenters. The second-order valence-electron chi connectivity index (χ2n) is 5.60. The van der Waals surface area contributed by atoms with Gasteiger partial charge in [0.05, 0.1) is 25.3 Å². The lowest BCUT2D eigenvalue weighted by Gasteiger charge is -2.23. The van der Waals surface area contributed by atoms with Crippen LogP contribution in [0.3, 0.4) is 0 Å². The molecule has 0 bridgehead atoms. The molecule has 2 heterocycles. The molecule has 1 aromatic heterocycles. The first-order valence-corrected chi connectivity index (χ1v) is 8.53. The second kappa shape index (κ2) is 7.62. The van der Waals surface area contributed by atoms with Crippen molar-refractivity contribution in [2.75, 3.05) is 26.9 Å². The number of thiazole rings is 1. The fourth-order valence-corrected chi connectivity index (χ4v) is 3.17. The number of aromatic nitrogens is 1. The number of morpholine rings is 1. The molecule has 0 spiro atoms. The number of carbonyl (C=O) groups excluding carboxylic acids is 2. The Balaban J connectivity index is 1.82. The largest absolute Gasteiger partial charge is 0.491 e. The predicted octanol–water partition coefficient (Wildman–Crippen LogP) is 1.80. The number of hydrogen-bond acceptors (Lipinski definition) is 7. The van der Waals surface area contributed by atoms with Crippen LogP contribution in [-0.2, 0) is 14.3 Å². The number of hydrogen-bond donors (Lipinski definition) is 1. The summed E-state index contributed by atoms with van der Waals surface area (Å²) in [4.78, 5) is 28.7. The van der Waals surface area contributed by atoms with E-state index in [0.717, 1.165) is 15.4 Å². The van der Waals surface area contributed by atoms with Gasteiger partial charge in [-0.2, -0.15) is 0 Å². The molecular formula is C17H18N2O5S. The molecule has 25 heavy (non-hydrogen) atoms. The lowest BCUT2D eigenvalue weighted by molar-refractivity contribution is -0.131. The van der Waals surface area contributed by atoms with Gasteiger partial charge in [-0.15, -0.1) is 11.3 Å². The van der Waals surface area contributed by atoms with E-state index in [4.69, 9.17) is 14.2 Å². The molecule has 1 N–H and O–H groups in total. The molecule has 0 radical (unpaired) electrons. The van der Waals surface area contributed by atoms with Crippen LogP contribution in [0.25, 0.3) is 10.6 Å². The fourth-order valence-electron chi connectivity index (χ4n) is 2.42. The van der Waals surface area contributed by atoms with Crippen molar-refractivity contribution in [2.24, 2.45) is 0 Å². The fraction of sp³-hybridized carbons (Fsp3) is 0.353. The van der Waals surface area contributed by atoms with Crippen molar-refractivity contribution in [1.29, 1.82) is 0 Å². The molecule has 1 aliphatic rings. The van der Waals surface area contributed by atoms with Crippen LogP contribution in [0.2, 0.25) is 0 Å². The van der Waals surface area contributed by atoms with Gasteiger partial charge in [0.1, 0.15) is 24.0 Å². The average Bonchev–Trinajstić information content (AvgIpc) is 3.05. The van der Waals surface area contributed by atoms with Crippen molar-refractivity contribution >= 4 is 23.2 Å². The molecule has 1 saturated heterocycles. The van der Waals surface area contributed by atoms with E-state index in [1.54, 1.807) is 18.3 Å². The molecule has 1 atom stereocenters. The number of ether oxygens (including phenoxy) is 3. The van der Waals surface area contributed by atoms with Gasteiger partial charge in [-0.3, -0.25) is 4.79 Å². The number of rotatable bonds is 5. The third kappa shape index (κ3) is 4.34. The predicted molar refractivity (Wildman–Crippen MR) is 91.9 cm³/mol. The maximum atomic E-state index is 11.9. The highest BCUT2D eigenvalue weighted by molar-refractivity contribution is 7.14. The number of nitrogens with zero attached hydrogens (tertiary/aromatic N) is 1. The van der Waals surface area contributed by atoms with Gasteiger partial charge in [0.2, 0.25) is 5.91 Å². The molecule has 2 aromatic rings. The van der Waals surface area contributed by atoms with Crippen molar-refractivity contribution in [1.82, 2.24) is 10.3 Å². The number of esters is 1. The summed E-state index contributed by atoms with van der Waals surface area (Å²) in [5.41, 5.74) is 1.16. The number of methoxy groups -OCH3 is 1. The minimum atomic E-state index is -0.450.